The van der Waals surface area contributed by atoms with Gasteiger partial charge in [0.05, 0.1) is 19.9 Å². The first-order valence-corrected chi connectivity index (χ1v) is 13.9. The smallest absolute Gasteiger partial charge is 0.274 e. The van der Waals surface area contributed by atoms with Gasteiger partial charge in [-0.2, -0.15) is 0 Å². The van der Waals surface area contributed by atoms with Crippen LogP contribution in [0.1, 0.15) is 39.2 Å². The van der Waals surface area contributed by atoms with Crippen molar-refractivity contribution in [1.82, 2.24) is 9.38 Å². The van der Waals surface area contributed by atoms with E-state index >= 15 is 0 Å². The highest BCUT2D eigenvalue weighted by Gasteiger charge is 2.27. The van der Waals surface area contributed by atoms with Crippen molar-refractivity contribution >= 4 is 39.5 Å². The van der Waals surface area contributed by atoms with E-state index < -0.39 is 17.4 Å². The Morgan fingerprint density at radius 3 is 2.26 bits per heavy atom. The van der Waals surface area contributed by atoms with Crippen LogP contribution in [0.3, 0.4) is 0 Å². The molecule has 0 atom stereocenters. The molecule has 0 aliphatic heterocycles. The molecule has 0 spiro atoms. The summed E-state index contributed by atoms with van der Waals surface area (Å²) >= 11 is 0.965. The number of fused-ring (bicyclic) bond motifs is 1. The highest BCUT2D eigenvalue weighted by molar-refractivity contribution is 7.19. The van der Waals surface area contributed by atoms with Gasteiger partial charge in [0.15, 0.2) is 4.96 Å². The number of thiazole rings is 1. The molecule has 2 heterocycles. The molecule has 0 saturated carbocycles. The number of benzene rings is 3. The fraction of sp³-hybridized carbons (Fsp3) is 0.161. The minimum Gasteiger partial charge on any atom is -0.497 e. The lowest BCUT2D eigenvalue weighted by molar-refractivity contribution is 0.0989. The molecular formula is C31H28N4O6S. The summed E-state index contributed by atoms with van der Waals surface area (Å²) in [6.45, 7) is 1.98. The van der Waals surface area contributed by atoms with Gasteiger partial charge >= 0.3 is 0 Å². The van der Waals surface area contributed by atoms with Gasteiger partial charge in [-0.05, 0) is 55.0 Å². The second-order valence-corrected chi connectivity index (χ2v) is 10.1. The average molecular weight is 585 g/mol. The van der Waals surface area contributed by atoms with E-state index in [0.717, 1.165) is 22.2 Å². The summed E-state index contributed by atoms with van der Waals surface area (Å²) in [4.78, 5) is 45.4. The molecule has 0 bridgehead atoms. The van der Waals surface area contributed by atoms with E-state index in [1.807, 2.05) is 37.3 Å². The largest absolute Gasteiger partial charge is 0.497 e. The Kier molecular flexibility index (Phi) is 8.49. The van der Waals surface area contributed by atoms with Crippen LogP contribution in [-0.4, -0.2) is 35.4 Å². The molecule has 11 heteroatoms. The van der Waals surface area contributed by atoms with Gasteiger partial charge in [-0.3, -0.25) is 14.4 Å². The van der Waals surface area contributed by atoms with Gasteiger partial charge in [0.2, 0.25) is 0 Å². The van der Waals surface area contributed by atoms with Gasteiger partial charge in [-0.1, -0.05) is 42.9 Å². The zero-order valence-electron chi connectivity index (χ0n) is 23.2. The Morgan fingerprint density at radius 1 is 0.857 bits per heavy atom. The van der Waals surface area contributed by atoms with Crippen molar-refractivity contribution in [2.45, 2.75) is 19.8 Å². The van der Waals surface area contributed by atoms with Gasteiger partial charge in [0.25, 0.3) is 17.4 Å². The minimum absolute atomic E-state index is 0.0252. The topological polar surface area (TPSA) is 120 Å². The molecule has 5 aromatic rings. The molecule has 3 aromatic carbocycles. The Hall–Kier alpha value is -5.16. The third-order valence-corrected chi connectivity index (χ3v) is 7.29. The van der Waals surface area contributed by atoms with Crippen LogP contribution in [0.2, 0.25) is 0 Å². The third-order valence-electron chi connectivity index (χ3n) is 6.25. The molecule has 5 rings (SSSR count). The quantitative estimate of drug-likeness (QED) is 0.206. The lowest BCUT2D eigenvalue weighted by Crippen LogP contribution is -2.25. The van der Waals surface area contributed by atoms with Crippen molar-refractivity contribution in [3.05, 3.63) is 105 Å². The third kappa shape index (κ3) is 6.11. The summed E-state index contributed by atoms with van der Waals surface area (Å²) < 4.78 is 17.6. The van der Waals surface area contributed by atoms with E-state index in [1.54, 1.807) is 42.5 Å². The van der Waals surface area contributed by atoms with Crippen molar-refractivity contribution in [1.29, 1.82) is 0 Å². The highest BCUT2D eigenvalue weighted by atomic mass is 32.1. The summed E-state index contributed by atoms with van der Waals surface area (Å²) in [5, 5.41) is 5.58. The first kappa shape index (κ1) is 28.4. The Bertz CT molecular complexity index is 1800. The van der Waals surface area contributed by atoms with Gasteiger partial charge < -0.3 is 24.8 Å². The van der Waals surface area contributed by atoms with Crippen LogP contribution in [0, 0.1) is 0 Å². The van der Waals surface area contributed by atoms with Crippen molar-refractivity contribution in [3.63, 3.8) is 0 Å². The molecule has 214 valence electrons. The SMILES string of the molecule is CCCc1cc(=O)n2c(C(=O)Nc3cc(OC)ccc3OC)c(C(=O)Nc3ccc(Oc4ccccc4)cc3)sc2n1. The number of hydrogen-bond donors (Lipinski definition) is 2. The van der Waals surface area contributed by atoms with E-state index in [0.29, 0.717) is 46.5 Å². The first-order valence-electron chi connectivity index (χ1n) is 13.1. The Labute approximate surface area is 245 Å². The zero-order chi connectivity index (χ0) is 29.6. The number of carbonyl (C=O) groups is 2. The Balaban J connectivity index is 1.49. The fourth-order valence-corrected chi connectivity index (χ4v) is 5.32. The zero-order valence-corrected chi connectivity index (χ0v) is 24.0. The number of para-hydroxylation sites is 1. The molecule has 0 fully saturated rings. The molecule has 2 amide bonds. The van der Waals surface area contributed by atoms with E-state index in [1.165, 1.54) is 20.3 Å². The minimum atomic E-state index is -0.684. The summed E-state index contributed by atoms with van der Waals surface area (Å²) in [5.41, 5.74) is 0.785. The number of ether oxygens (including phenoxy) is 3. The summed E-state index contributed by atoms with van der Waals surface area (Å²) in [6, 6.07) is 22.5. The van der Waals surface area contributed by atoms with Crippen molar-refractivity contribution in [2.24, 2.45) is 0 Å². The normalized spacial score (nSPS) is 10.7. The van der Waals surface area contributed by atoms with E-state index in [-0.39, 0.29) is 15.5 Å². The standard InChI is InChI=1S/C31H28N4O6S/c1-4-8-20-17-26(36)35-27(29(37)34-24-18-23(39-2)15-16-25(24)40-3)28(42-31(35)33-20)30(38)32-19-11-13-22(14-12-19)41-21-9-6-5-7-10-21/h5-7,9-18H,4,8H2,1-3H3,(H,32,38)(H,34,37). The predicted molar refractivity (Wildman–Crippen MR) is 162 cm³/mol. The number of methoxy groups -OCH3 is 2. The lowest BCUT2D eigenvalue weighted by Gasteiger charge is -2.12. The number of aryl methyl sites for hydroxylation is 1. The molecule has 2 N–H and O–H groups in total. The van der Waals surface area contributed by atoms with Gasteiger partial charge in [0, 0.05) is 23.5 Å². The molecule has 10 nitrogen and oxygen atoms in total. The summed E-state index contributed by atoms with van der Waals surface area (Å²) in [5.74, 6) is 0.888. The van der Waals surface area contributed by atoms with E-state index in [2.05, 4.69) is 15.6 Å². The molecule has 2 aromatic heterocycles. The van der Waals surface area contributed by atoms with Crippen LogP contribution >= 0.6 is 11.3 Å². The van der Waals surface area contributed by atoms with Crippen LogP contribution in [0.25, 0.3) is 4.96 Å². The second-order valence-electron chi connectivity index (χ2n) is 9.15. The number of nitrogens with one attached hydrogen (secondary N) is 2. The molecule has 0 aliphatic rings. The maximum absolute atomic E-state index is 13.7. The first-order chi connectivity index (χ1) is 20.4. The molecule has 42 heavy (non-hydrogen) atoms. The molecule has 0 aliphatic carbocycles. The summed E-state index contributed by atoms with van der Waals surface area (Å²) in [7, 11) is 2.97. The van der Waals surface area contributed by atoms with Crippen LogP contribution in [0.4, 0.5) is 11.4 Å². The second kappa shape index (κ2) is 12.6. The molecule has 0 radical (unpaired) electrons. The number of amides is 2. The monoisotopic (exact) mass is 584 g/mol. The number of hydrogen-bond acceptors (Lipinski definition) is 8. The molecular weight excluding hydrogens is 556 g/mol. The van der Waals surface area contributed by atoms with Gasteiger partial charge in [-0.25, -0.2) is 9.38 Å². The maximum Gasteiger partial charge on any atom is 0.274 e. The number of nitrogens with zero attached hydrogens (tertiary/aromatic N) is 2. The molecule has 0 unspecified atom stereocenters. The fourth-order valence-electron chi connectivity index (χ4n) is 4.28. The van der Waals surface area contributed by atoms with Crippen LogP contribution in [0.15, 0.2) is 83.7 Å². The Morgan fingerprint density at radius 2 is 1.57 bits per heavy atom. The van der Waals surface area contributed by atoms with E-state index in [4.69, 9.17) is 14.2 Å². The average Bonchev–Trinajstić information content (AvgIpc) is 3.39. The van der Waals surface area contributed by atoms with Crippen LogP contribution in [0.5, 0.6) is 23.0 Å². The van der Waals surface area contributed by atoms with E-state index in [9.17, 15) is 14.4 Å². The number of anilines is 2. The number of carbonyl (C=O) groups excluding carboxylic acids is 2. The van der Waals surface area contributed by atoms with Crippen LogP contribution in [-0.2, 0) is 6.42 Å². The van der Waals surface area contributed by atoms with Crippen molar-refractivity contribution in [2.75, 3.05) is 24.9 Å². The molecule has 0 saturated heterocycles. The number of rotatable bonds is 10. The summed E-state index contributed by atoms with van der Waals surface area (Å²) in [6.07, 6.45) is 1.37. The highest BCUT2D eigenvalue weighted by Crippen LogP contribution is 2.31. The van der Waals surface area contributed by atoms with Gasteiger partial charge in [-0.15, -0.1) is 0 Å². The number of aromatic nitrogens is 2. The lowest BCUT2D eigenvalue weighted by atomic mass is 10.2. The van der Waals surface area contributed by atoms with Crippen molar-refractivity contribution < 1.29 is 23.8 Å². The van der Waals surface area contributed by atoms with Crippen LogP contribution < -0.4 is 30.4 Å². The maximum atomic E-state index is 13.7. The predicted octanol–water partition coefficient (Wildman–Crippen LogP) is 6.02. The van der Waals surface area contributed by atoms with Crippen molar-refractivity contribution in [3.8, 4) is 23.0 Å². The van der Waals surface area contributed by atoms with Gasteiger partial charge in [0.1, 0.15) is 33.6 Å².